The van der Waals surface area contributed by atoms with Crippen LogP contribution in [0.2, 0.25) is 0 Å². The predicted molar refractivity (Wildman–Crippen MR) is 201 cm³/mol. The van der Waals surface area contributed by atoms with Crippen LogP contribution < -0.4 is 49.5 Å². The van der Waals surface area contributed by atoms with E-state index in [4.69, 9.17) is 28.0 Å². The van der Waals surface area contributed by atoms with Gasteiger partial charge in [-0.2, -0.15) is 0 Å². The maximum absolute atomic E-state index is 13.9. The average molecular weight is 749 g/mol. The average Bonchev–Trinajstić information content (AvgIpc) is 3.13. The normalized spacial score (nSPS) is 13.0. The molecule has 0 fully saturated rings. The molecule has 0 spiro atoms. The van der Waals surface area contributed by atoms with E-state index in [1.165, 1.54) is 12.1 Å². The van der Waals surface area contributed by atoms with E-state index in [9.17, 15) is 33.9 Å². The van der Waals surface area contributed by atoms with Gasteiger partial charge in [0.15, 0.2) is 5.96 Å². The predicted octanol–water partition coefficient (Wildman–Crippen LogP) is -1.18. The summed E-state index contributed by atoms with van der Waals surface area (Å²) in [5, 5.41) is 33.2. The number of primary amides is 1. The van der Waals surface area contributed by atoms with E-state index >= 15 is 0 Å². The Kier molecular flexibility index (Phi) is 16.5. The standard InChI is InChI=1S/C36H48N10O8/c37-26(18-21-10-13-25(47)14-11-21)31(50)44-27(8-4-16-42-36(40)54)33(52)45-28(7-3-15-41-35(38)39)34(53)46-29(32(51)43-20-30(48)49)19-22-9-12-23-5-1-2-6-24(23)17-22/h1-2,5-6,9-14,17,26-29,47H,3-4,7-8,15-16,18-20,37H2,(H,43,51)(H,44,50)(H,45,52)(H,46,53)(H,48,49)(H4,38,39,41)(H3,40,42,54)/t26-,27+,28+,29+/m1/s1. The van der Waals surface area contributed by atoms with Crippen LogP contribution in [-0.2, 0) is 36.8 Å². The zero-order valence-electron chi connectivity index (χ0n) is 29.6. The second-order valence-corrected chi connectivity index (χ2v) is 12.5. The summed E-state index contributed by atoms with van der Waals surface area (Å²) in [5.41, 5.74) is 23.5. The van der Waals surface area contributed by atoms with Crippen LogP contribution >= 0.6 is 0 Å². The second-order valence-electron chi connectivity index (χ2n) is 12.5. The lowest BCUT2D eigenvalue weighted by Gasteiger charge is -2.26. The van der Waals surface area contributed by atoms with Gasteiger partial charge in [0.05, 0.1) is 6.04 Å². The molecular formula is C36H48N10O8. The van der Waals surface area contributed by atoms with E-state index in [1.54, 1.807) is 18.2 Å². The minimum atomic E-state index is -1.29. The van der Waals surface area contributed by atoms with Crippen molar-refractivity contribution < 1.29 is 39.0 Å². The van der Waals surface area contributed by atoms with Crippen molar-refractivity contribution in [3.63, 3.8) is 0 Å². The van der Waals surface area contributed by atoms with Crippen molar-refractivity contribution in [2.45, 2.75) is 62.7 Å². The molecule has 15 N–H and O–H groups in total. The van der Waals surface area contributed by atoms with Crippen LogP contribution in [0.15, 0.2) is 71.7 Å². The molecule has 3 aromatic carbocycles. The summed E-state index contributed by atoms with van der Waals surface area (Å²) in [4.78, 5) is 80.5. The van der Waals surface area contributed by atoms with Gasteiger partial charge in [-0.1, -0.05) is 54.6 Å². The zero-order valence-corrected chi connectivity index (χ0v) is 29.6. The number of fused-ring (bicyclic) bond motifs is 1. The molecule has 0 unspecified atom stereocenters. The highest BCUT2D eigenvalue weighted by molar-refractivity contribution is 5.95. The lowest BCUT2D eigenvalue weighted by Crippen LogP contribution is -2.58. The molecule has 0 saturated carbocycles. The number of hydrogen-bond donors (Lipinski definition) is 11. The van der Waals surface area contributed by atoms with Crippen molar-refractivity contribution in [1.82, 2.24) is 26.6 Å². The van der Waals surface area contributed by atoms with Crippen molar-refractivity contribution >= 4 is 52.4 Å². The van der Waals surface area contributed by atoms with Gasteiger partial charge in [0.25, 0.3) is 0 Å². The number of carbonyl (C=O) groups excluding carboxylic acids is 5. The van der Waals surface area contributed by atoms with Crippen LogP contribution in [0.1, 0.15) is 36.8 Å². The van der Waals surface area contributed by atoms with Gasteiger partial charge in [-0.15, -0.1) is 0 Å². The molecule has 0 radical (unpaired) electrons. The van der Waals surface area contributed by atoms with Crippen molar-refractivity contribution in [2.75, 3.05) is 19.6 Å². The number of benzene rings is 3. The third-order valence-corrected chi connectivity index (χ3v) is 8.21. The first-order chi connectivity index (χ1) is 25.7. The maximum Gasteiger partial charge on any atom is 0.322 e. The van der Waals surface area contributed by atoms with Crippen molar-refractivity contribution in [3.05, 3.63) is 77.9 Å². The molecule has 3 aromatic rings. The highest BCUT2D eigenvalue weighted by Gasteiger charge is 2.30. The fourth-order valence-electron chi connectivity index (χ4n) is 5.46. The Morgan fingerprint density at radius 2 is 1.26 bits per heavy atom. The zero-order chi connectivity index (χ0) is 39.6. The van der Waals surface area contributed by atoms with Crippen molar-refractivity contribution in [3.8, 4) is 5.75 Å². The Morgan fingerprint density at radius 1 is 0.667 bits per heavy atom. The number of hydrogen-bond acceptors (Lipinski definition) is 9. The SMILES string of the molecule is NC(=O)NCCC[C@H](NC(=O)[C@H](N)Cc1ccc(O)cc1)C(=O)N[C@@H](CCCN=C(N)N)C(=O)N[C@@H](Cc1ccc2ccccc2c1)C(=O)NCC(=O)O. The summed E-state index contributed by atoms with van der Waals surface area (Å²) in [6.45, 7) is -0.506. The molecule has 0 aliphatic heterocycles. The molecule has 18 heteroatoms. The molecule has 0 heterocycles. The Morgan fingerprint density at radius 3 is 1.89 bits per heavy atom. The van der Waals surface area contributed by atoms with Gasteiger partial charge < -0.3 is 59.7 Å². The van der Waals surface area contributed by atoms with Gasteiger partial charge in [0, 0.05) is 19.5 Å². The number of aromatic hydroxyl groups is 1. The summed E-state index contributed by atoms with van der Waals surface area (Å²) in [6, 6.07) is 13.5. The second kappa shape index (κ2) is 21.2. The molecule has 18 nitrogen and oxygen atoms in total. The number of nitrogens with zero attached hydrogens (tertiary/aromatic N) is 1. The molecule has 290 valence electrons. The summed E-state index contributed by atoms with van der Waals surface area (Å²) >= 11 is 0. The van der Waals surface area contributed by atoms with E-state index in [-0.39, 0.29) is 63.3 Å². The van der Waals surface area contributed by atoms with Crippen LogP contribution in [0.25, 0.3) is 10.8 Å². The Hall–Kier alpha value is -6.43. The summed E-state index contributed by atoms with van der Waals surface area (Å²) < 4.78 is 0. The first-order valence-electron chi connectivity index (χ1n) is 17.2. The number of urea groups is 1. The number of phenolic OH excluding ortho intramolecular Hbond substituents is 1. The Labute approximate surface area is 311 Å². The van der Waals surface area contributed by atoms with Crippen molar-refractivity contribution in [2.24, 2.45) is 27.9 Å². The summed E-state index contributed by atoms with van der Waals surface area (Å²) in [6.07, 6.45) is 0.497. The van der Waals surface area contributed by atoms with Crippen molar-refractivity contribution in [1.29, 1.82) is 0 Å². The number of nitrogens with one attached hydrogen (secondary N) is 5. The van der Waals surface area contributed by atoms with Gasteiger partial charge >= 0.3 is 12.0 Å². The van der Waals surface area contributed by atoms with E-state index in [0.717, 1.165) is 10.8 Å². The molecule has 3 rings (SSSR count). The molecule has 4 atom stereocenters. The van der Waals surface area contributed by atoms with E-state index in [2.05, 4.69) is 31.6 Å². The van der Waals surface area contributed by atoms with E-state index in [0.29, 0.717) is 11.1 Å². The van der Waals surface area contributed by atoms with Crippen LogP contribution in [-0.4, -0.2) is 95.6 Å². The maximum atomic E-state index is 13.9. The quantitative estimate of drug-likeness (QED) is 0.0350. The summed E-state index contributed by atoms with van der Waals surface area (Å²) in [7, 11) is 0. The smallest absolute Gasteiger partial charge is 0.322 e. The number of rotatable bonds is 21. The number of nitrogens with two attached hydrogens (primary N) is 4. The third kappa shape index (κ3) is 14.7. The first kappa shape index (κ1) is 42.0. The number of aliphatic carboxylic acids is 1. The highest BCUT2D eigenvalue weighted by atomic mass is 16.4. The number of amides is 6. The van der Waals surface area contributed by atoms with Gasteiger partial charge in [0.2, 0.25) is 23.6 Å². The number of phenols is 1. The fraction of sp³-hybridized carbons (Fsp3) is 0.361. The van der Waals surface area contributed by atoms with Crippen LogP contribution in [0.5, 0.6) is 5.75 Å². The Balaban J connectivity index is 1.84. The highest BCUT2D eigenvalue weighted by Crippen LogP contribution is 2.17. The molecule has 0 bridgehead atoms. The topological polar surface area (TPSA) is 319 Å². The van der Waals surface area contributed by atoms with Gasteiger partial charge in [-0.25, -0.2) is 4.79 Å². The van der Waals surface area contributed by atoms with Gasteiger partial charge in [-0.05, 0) is 66.1 Å². The number of carboxylic acid groups (broad SMARTS) is 1. The lowest BCUT2D eigenvalue weighted by molar-refractivity contribution is -0.138. The Bertz CT molecular complexity index is 1800. The molecule has 0 aliphatic rings. The largest absolute Gasteiger partial charge is 0.508 e. The monoisotopic (exact) mass is 748 g/mol. The molecule has 0 aromatic heterocycles. The number of carbonyl (C=O) groups is 6. The van der Waals surface area contributed by atoms with E-state index in [1.807, 2.05) is 36.4 Å². The van der Waals surface area contributed by atoms with Gasteiger partial charge in [-0.3, -0.25) is 29.0 Å². The molecule has 6 amide bonds. The van der Waals surface area contributed by atoms with Crippen LogP contribution in [0.3, 0.4) is 0 Å². The minimum Gasteiger partial charge on any atom is -0.508 e. The number of guanidine groups is 1. The number of carboxylic acids is 1. The molecule has 0 saturated heterocycles. The molecule has 54 heavy (non-hydrogen) atoms. The van der Waals surface area contributed by atoms with Gasteiger partial charge in [0.1, 0.15) is 30.4 Å². The van der Waals surface area contributed by atoms with Crippen LogP contribution in [0.4, 0.5) is 4.79 Å². The fourth-order valence-corrected chi connectivity index (χ4v) is 5.46. The number of aliphatic imine (C=N–C) groups is 1. The third-order valence-electron chi connectivity index (χ3n) is 8.21. The van der Waals surface area contributed by atoms with Crippen LogP contribution in [0, 0.1) is 0 Å². The van der Waals surface area contributed by atoms with E-state index < -0.39 is 66.3 Å². The lowest BCUT2D eigenvalue weighted by atomic mass is 10.0. The molecule has 0 aliphatic carbocycles. The summed E-state index contributed by atoms with van der Waals surface area (Å²) in [5.74, 6) is -4.40. The molecular weight excluding hydrogens is 700 g/mol. The minimum absolute atomic E-state index is 0.00193. The first-order valence-corrected chi connectivity index (χ1v) is 17.2.